The number of imidazole rings is 1. The first kappa shape index (κ1) is 16.0. The van der Waals surface area contributed by atoms with Crippen LogP contribution in [0.25, 0.3) is 16.2 Å². The van der Waals surface area contributed by atoms with Crippen LogP contribution >= 0.6 is 11.3 Å². The minimum atomic E-state index is -0.499. The van der Waals surface area contributed by atoms with Crippen LogP contribution in [0.5, 0.6) is 0 Å². The number of non-ortho nitro benzene ring substituents is 1. The number of carbonyl (C=O) groups excluding carboxylic acids is 1. The average molecular weight is 364 g/mol. The van der Waals surface area contributed by atoms with Crippen LogP contribution in [0.4, 0.5) is 11.5 Å². The van der Waals surface area contributed by atoms with Gasteiger partial charge in [-0.1, -0.05) is 12.1 Å². The molecule has 0 saturated heterocycles. The van der Waals surface area contributed by atoms with Gasteiger partial charge in [-0.15, -0.1) is 11.3 Å². The maximum Gasteiger partial charge on any atom is 0.269 e. The number of pyridine rings is 1. The molecule has 8 heteroatoms. The van der Waals surface area contributed by atoms with Crippen LogP contribution in [0.3, 0.4) is 0 Å². The molecular weight excluding hydrogens is 352 g/mol. The zero-order chi connectivity index (χ0) is 18.1. The summed E-state index contributed by atoms with van der Waals surface area (Å²) < 4.78 is 1.80. The molecule has 0 atom stereocenters. The first-order valence-corrected chi connectivity index (χ1v) is 8.58. The van der Waals surface area contributed by atoms with Gasteiger partial charge in [0.2, 0.25) is 0 Å². The molecule has 26 heavy (non-hydrogen) atoms. The molecule has 128 valence electrons. The zero-order valence-corrected chi connectivity index (χ0v) is 14.1. The summed E-state index contributed by atoms with van der Waals surface area (Å²) in [7, 11) is 0. The number of hydrogen-bond acceptors (Lipinski definition) is 5. The number of anilines is 1. The second-order valence-corrected chi connectivity index (χ2v) is 6.42. The Morgan fingerprint density at radius 3 is 2.62 bits per heavy atom. The van der Waals surface area contributed by atoms with Gasteiger partial charge < -0.3 is 5.32 Å². The van der Waals surface area contributed by atoms with Gasteiger partial charge in [-0.25, -0.2) is 4.98 Å². The first-order chi connectivity index (χ1) is 12.6. The van der Waals surface area contributed by atoms with Gasteiger partial charge in [-0.2, -0.15) is 0 Å². The highest BCUT2D eigenvalue weighted by molar-refractivity contribution is 7.13. The second-order valence-electron chi connectivity index (χ2n) is 5.47. The van der Waals surface area contributed by atoms with Crippen LogP contribution in [0.1, 0.15) is 10.4 Å². The fourth-order valence-corrected chi connectivity index (χ4v) is 3.33. The van der Waals surface area contributed by atoms with Gasteiger partial charge in [0.05, 0.1) is 9.80 Å². The van der Waals surface area contributed by atoms with E-state index >= 15 is 0 Å². The third kappa shape index (κ3) is 2.82. The second kappa shape index (κ2) is 6.41. The van der Waals surface area contributed by atoms with Crippen molar-refractivity contribution in [1.29, 1.82) is 0 Å². The van der Waals surface area contributed by atoms with Gasteiger partial charge in [0.15, 0.2) is 0 Å². The van der Waals surface area contributed by atoms with Crippen LogP contribution in [-0.2, 0) is 0 Å². The van der Waals surface area contributed by atoms with E-state index in [-0.39, 0.29) is 11.6 Å². The Labute approximate surface area is 151 Å². The van der Waals surface area contributed by atoms with Crippen molar-refractivity contribution in [2.24, 2.45) is 0 Å². The van der Waals surface area contributed by atoms with Crippen molar-refractivity contribution in [1.82, 2.24) is 9.38 Å². The molecule has 3 aromatic heterocycles. The van der Waals surface area contributed by atoms with Crippen molar-refractivity contribution in [3.05, 3.63) is 81.9 Å². The molecular formula is C18H12N4O3S. The fourth-order valence-electron chi connectivity index (χ4n) is 2.61. The minimum absolute atomic E-state index is 0.0596. The number of nitrogens with zero attached hydrogens (tertiary/aromatic N) is 3. The number of carbonyl (C=O) groups is 1. The van der Waals surface area contributed by atoms with Gasteiger partial charge in [0.25, 0.3) is 11.6 Å². The van der Waals surface area contributed by atoms with E-state index in [1.807, 2.05) is 41.9 Å². The van der Waals surface area contributed by atoms with Crippen molar-refractivity contribution in [3.63, 3.8) is 0 Å². The number of aromatic nitrogens is 2. The molecule has 0 bridgehead atoms. The Hall–Kier alpha value is -3.52. The lowest BCUT2D eigenvalue weighted by molar-refractivity contribution is -0.384. The summed E-state index contributed by atoms with van der Waals surface area (Å²) in [5, 5.41) is 15.6. The van der Waals surface area contributed by atoms with E-state index in [9.17, 15) is 14.9 Å². The number of benzene rings is 1. The van der Waals surface area contributed by atoms with Crippen molar-refractivity contribution < 1.29 is 9.72 Å². The topological polar surface area (TPSA) is 89.5 Å². The summed E-state index contributed by atoms with van der Waals surface area (Å²) >= 11 is 1.53. The summed E-state index contributed by atoms with van der Waals surface area (Å²) in [4.78, 5) is 28.4. The van der Waals surface area contributed by atoms with E-state index in [1.165, 1.54) is 35.6 Å². The average Bonchev–Trinajstić information content (AvgIpc) is 3.30. The van der Waals surface area contributed by atoms with Crippen molar-refractivity contribution in [3.8, 4) is 10.6 Å². The highest BCUT2D eigenvalue weighted by atomic mass is 32.1. The molecule has 0 aliphatic heterocycles. The Morgan fingerprint density at radius 2 is 1.92 bits per heavy atom. The fraction of sp³-hybridized carbons (Fsp3) is 0. The molecule has 0 fully saturated rings. The first-order valence-electron chi connectivity index (χ1n) is 7.70. The van der Waals surface area contributed by atoms with Gasteiger partial charge in [0.1, 0.15) is 17.2 Å². The van der Waals surface area contributed by atoms with Gasteiger partial charge >= 0.3 is 0 Å². The number of fused-ring (bicyclic) bond motifs is 1. The van der Waals surface area contributed by atoms with Crippen LogP contribution in [0, 0.1) is 10.1 Å². The molecule has 0 unspecified atom stereocenters. The molecule has 1 amide bonds. The molecule has 0 aliphatic carbocycles. The molecule has 0 saturated carbocycles. The smallest absolute Gasteiger partial charge is 0.269 e. The summed E-state index contributed by atoms with van der Waals surface area (Å²) in [6.45, 7) is 0. The lowest BCUT2D eigenvalue weighted by atomic mass is 10.2. The molecule has 4 aromatic rings. The van der Waals surface area contributed by atoms with Crippen LogP contribution in [-0.4, -0.2) is 20.2 Å². The Morgan fingerprint density at radius 1 is 1.12 bits per heavy atom. The number of nitro benzene ring substituents is 1. The number of nitro groups is 1. The number of thiophene rings is 1. The predicted octanol–water partition coefficient (Wildman–Crippen LogP) is 4.22. The van der Waals surface area contributed by atoms with E-state index < -0.39 is 4.92 Å². The highest BCUT2D eigenvalue weighted by Gasteiger charge is 2.18. The maximum absolute atomic E-state index is 12.6. The monoisotopic (exact) mass is 364 g/mol. The number of rotatable bonds is 4. The molecule has 1 N–H and O–H groups in total. The van der Waals surface area contributed by atoms with E-state index in [0.29, 0.717) is 17.1 Å². The molecule has 0 aliphatic rings. The van der Waals surface area contributed by atoms with Crippen molar-refractivity contribution in [2.75, 3.05) is 5.32 Å². The quantitative estimate of drug-likeness (QED) is 0.433. The lowest BCUT2D eigenvalue weighted by Gasteiger charge is -2.07. The van der Waals surface area contributed by atoms with E-state index in [4.69, 9.17) is 0 Å². The van der Waals surface area contributed by atoms with Gasteiger partial charge in [-0.05, 0) is 35.7 Å². The van der Waals surface area contributed by atoms with Crippen LogP contribution in [0.15, 0.2) is 66.2 Å². The van der Waals surface area contributed by atoms with Crippen molar-refractivity contribution in [2.45, 2.75) is 0 Å². The third-order valence-electron chi connectivity index (χ3n) is 3.86. The molecule has 0 spiro atoms. The summed E-state index contributed by atoms with van der Waals surface area (Å²) in [5.41, 5.74) is 1.67. The normalized spacial score (nSPS) is 10.8. The minimum Gasteiger partial charge on any atom is -0.306 e. The summed E-state index contributed by atoms with van der Waals surface area (Å²) in [6.07, 6.45) is 1.82. The Balaban J connectivity index is 1.73. The standard InChI is InChI=1S/C18H12N4O3S/c23-18(12-6-8-13(9-7-12)22(24)25)20-17-16(14-4-3-11-26-14)19-15-5-1-2-10-21(15)17/h1-11H,(H,20,23). The van der Waals surface area contributed by atoms with E-state index in [0.717, 1.165) is 10.5 Å². The number of amides is 1. The Kier molecular flexibility index (Phi) is 3.94. The summed E-state index contributed by atoms with van der Waals surface area (Å²) in [5.74, 6) is 0.203. The SMILES string of the molecule is O=C(Nc1c(-c2cccs2)nc2ccccn12)c1ccc([N+](=O)[O-])cc1. The van der Waals surface area contributed by atoms with Crippen molar-refractivity contribution >= 4 is 34.4 Å². The molecule has 3 heterocycles. The molecule has 7 nitrogen and oxygen atoms in total. The zero-order valence-electron chi connectivity index (χ0n) is 13.3. The maximum atomic E-state index is 12.6. The lowest BCUT2D eigenvalue weighted by Crippen LogP contribution is -2.14. The molecule has 1 aromatic carbocycles. The predicted molar refractivity (Wildman–Crippen MR) is 99.6 cm³/mol. The van der Waals surface area contributed by atoms with Crippen LogP contribution in [0.2, 0.25) is 0 Å². The van der Waals surface area contributed by atoms with E-state index in [2.05, 4.69) is 10.3 Å². The van der Waals surface area contributed by atoms with Crippen LogP contribution < -0.4 is 5.32 Å². The third-order valence-corrected chi connectivity index (χ3v) is 4.73. The van der Waals surface area contributed by atoms with E-state index in [1.54, 1.807) is 4.40 Å². The summed E-state index contributed by atoms with van der Waals surface area (Å²) in [6, 6.07) is 14.9. The Bertz CT molecular complexity index is 1100. The van der Waals surface area contributed by atoms with Gasteiger partial charge in [-0.3, -0.25) is 19.3 Å². The largest absolute Gasteiger partial charge is 0.306 e. The highest BCUT2D eigenvalue weighted by Crippen LogP contribution is 2.32. The number of hydrogen-bond donors (Lipinski definition) is 1. The number of nitrogens with one attached hydrogen (secondary N) is 1. The van der Waals surface area contributed by atoms with Gasteiger partial charge in [0, 0.05) is 23.9 Å². The molecule has 0 radical (unpaired) electrons. The molecule has 4 rings (SSSR count).